The Morgan fingerprint density at radius 2 is 1.79 bits per heavy atom. The van der Waals surface area contributed by atoms with Crippen LogP contribution in [-0.2, 0) is 0 Å². The quantitative estimate of drug-likeness (QED) is 0.752. The highest BCUT2D eigenvalue weighted by Gasteiger charge is 2.38. The van der Waals surface area contributed by atoms with E-state index in [1.807, 2.05) is 0 Å². The van der Waals surface area contributed by atoms with Gasteiger partial charge in [-0.05, 0) is 44.7 Å². The topological polar surface area (TPSA) is 52.7 Å². The lowest BCUT2D eigenvalue weighted by atomic mass is 9.86. The highest BCUT2D eigenvalue weighted by atomic mass is 16.3. The fourth-order valence-electron chi connectivity index (χ4n) is 3.70. The third-order valence-electron chi connectivity index (χ3n) is 5.10. The van der Waals surface area contributed by atoms with Crippen LogP contribution in [0.15, 0.2) is 0 Å². The molecule has 4 nitrogen and oxygen atoms in total. The minimum Gasteiger partial charge on any atom is -0.394 e. The lowest BCUT2D eigenvalue weighted by Crippen LogP contribution is -2.50. The zero-order chi connectivity index (χ0) is 13.7. The van der Waals surface area contributed by atoms with E-state index in [0.29, 0.717) is 5.92 Å². The van der Waals surface area contributed by atoms with Gasteiger partial charge in [-0.2, -0.15) is 0 Å². The summed E-state index contributed by atoms with van der Waals surface area (Å²) in [5.41, 5.74) is 6.02. The maximum Gasteiger partial charge on any atom is 0.0613 e. The standard InChI is InChI=1S/C15H31N3O/c1-2-7-17-9-11-18(12-10-17)8-5-14-4-3-6-15(14,16)13-19/h14,19H,2-13,16H2,1H3. The SMILES string of the molecule is CCCN1CCN(CCC2CCCC2(N)CO)CC1. The average molecular weight is 269 g/mol. The van der Waals surface area contributed by atoms with Crippen molar-refractivity contribution in [3.63, 3.8) is 0 Å². The number of rotatable bonds is 6. The van der Waals surface area contributed by atoms with E-state index in [2.05, 4.69) is 16.7 Å². The van der Waals surface area contributed by atoms with Crippen LogP contribution >= 0.6 is 0 Å². The molecule has 0 aromatic rings. The van der Waals surface area contributed by atoms with E-state index in [4.69, 9.17) is 5.73 Å². The second-order valence-corrected chi connectivity index (χ2v) is 6.45. The zero-order valence-electron chi connectivity index (χ0n) is 12.5. The van der Waals surface area contributed by atoms with Gasteiger partial charge in [0, 0.05) is 31.7 Å². The molecule has 0 aromatic heterocycles. The molecule has 2 atom stereocenters. The normalized spacial score (nSPS) is 33.9. The molecule has 1 aliphatic carbocycles. The van der Waals surface area contributed by atoms with Crippen molar-refractivity contribution in [2.45, 2.75) is 44.6 Å². The van der Waals surface area contributed by atoms with Crippen LogP contribution in [0, 0.1) is 5.92 Å². The fourth-order valence-corrected chi connectivity index (χ4v) is 3.70. The highest BCUT2D eigenvalue weighted by molar-refractivity contribution is 4.96. The van der Waals surface area contributed by atoms with Crippen molar-refractivity contribution in [3.05, 3.63) is 0 Å². The van der Waals surface area contributed by atoms with Crippen LogP contribution in [0.3, 0.4) is 0 Å². The number of aliphatic hydroxyl groups is 1. The van der Waals surface area contributed by atoms with Crippen molar-refractivity contribution in [1.82, 2.24) is 9.80 Å². The van der Waals surface area contributed by atoms with Gasteiger partial charge in [0.25, 0.3) is 0 Å². The van der Waals surface area contributed by atoms with Gasteiger partial charge < -0.3 is 20.6 Å². The first-order valence-corrected chi connectivity index (χ1v) is 8.02. The van der Waals surface area contributed by atoms with Gasteiger partial charge in [0.05, 0.1) is 6.61 Å². The molecule has 0 spiro atoms. The summed E-state index contributed by atoms with van der Waals surface area (Å²) < 4.78 is 0. The van der Waals surface area contributed by atoms with Crippen LogP contribution in [0.5, 0.6) is 0 Å². The van der Waals surface area contributed by atoms with Crippen LogP contribution in [0.1, 0.15) is 39.0 Å². The molecule has 4 heteroatoms. The third kappa shape index (κ3) is 3.91. The molecule has 1 saturated heterocycles. The maximum absolute atomic E-state index is 9.48. The Morgan fingerprint density at radius 1 is 1.16 bits per heavy atom. The smallest absolute Gasteiger partial charge is 0.0613 e. The molecule has 1 heterocycles. The number of piperazine rings is 1. The van der Waals surface area contributed by atoms with E-state index in [1.165, 1.54) is 52.0 Å². The second-order valence-electron chi connectivity index (χ2n) is 6.45. The van der Waals surface area contributed by atoms with Crippen LogP contribution in [0.25, 0.3) is 0 Å². The largest absolute Gasteiger partial charge is 0.394 e. The van der Waals surface area contributed by atoms with Crippen molar-refractivity contribution < 1.29 is 5.11 Å². The predicted octanol–water partition coefficient (Wildman–Crippen LogP) is 0.894. The second kappa shape index (κ2) is 7.02. The number of nitrogens with zero attached hydrogens (tertiary/aromatic N) is 2. The van der Waals surface area contributed by atoms with Crippen LogP contribution in [0.4, 0.5) is 0 Å². The van der Waals surface area contributed by atoms with Gasteiger partial charge in [-0.15, -0.1) is 0 Å². The Bertz CT molecular complexity index is 266. The summed E-state index contributed by atoms with van der Waals surface area (Å²) in [5.74, 6) is 0.520. The molecule has 19 heavy (non-hydrogen) atoms. The summed E-state index contributed by atoms with van der Waals surface area (Å²) in [6, 6.07) is 0. The highest BCUT2D eigenvalue weighted by Crippen LogP contribution is 2.35. The maximum atomic E-state index is 9.48. The Balaban J connectivity index is 1.69. The van der Waals surface area contributed by atoms with Gasteiger partial charge in [-0.3, -0.25) is 0 Å². The Hall–Kier alpha value is -0.160. The molecule has 0 amide bonds. The van der Waals surface area contributed by atoms with Gasteiger partial charge in [-0.25, -0.2) is 0 Å². The van der Waals surface area contributed by atoms with Gasteiger partial charge in [-0.1, -0.05) is 13.3 Å². The minimum absolute atomic E-state index is 0.155. The summed E-state index contributed by atoms with van der Waals surface area (Å²) in [5, 5.41) is 9.48. The summed E-state index contributed by atoms with van der Waals surface area (Å²) in [4.78, 5) is 5.13. The number of hydrogen-bond donors (Lipinski definition) is 2. The predicted molar refractivity (Wildman–Crippen MR) is 79.1 cm³/mol. The van der Waals surface area contributed by atoms with Crippen molar-refractivity contribution >= 4 is 0 Å². The third-order valence-corrected chi connectivity index (χ3v) is 5.10. The summed E-state index contributed by atoms with van der Waals surface area (Å²) in [6.45, 7) is 9.63. The van der Waals surface area contributed by atoms with E-state index in [-0.39, 0.29) is 12.1 Å². The van der Waals surface area contributed by atoms with Crippen molar-refractivity contribution in [2.75, 3.05) is 45.9 Å². The molecule has 0 aromatic carbocycles. The Morgan fingerprint density at radius 3 is 2.37 bits per heavy atom. The molecule has 112 valence electrons. The summed E-state index contributed by atoms with van der Waals surface area (Å²) >= 11 is 0. The summed E-state index contributed by atoms with van der Waals surface area (Å²) in [7, 11) is 0. The number of nitrogens with two attached hydrogens (primary N) is 1. The molecule has 0 bridgehead atoms. The van der Waals surface area contributed by atoms with E-state index < -0.39 is 0 Å². The van der Waals surface area contributed by atoms with Crippen LogP contribution in [-0.4, -0.2) is 66.3 Å². The van der Waals surface area contributed by atoms with Crippen molar-refractivity contribution in [1.29, 1.82) is 0 Å². The molecule has 1 saturated carbocycles. The molecule has 3 N–H and O–H groups in total. The van der Waals surface area contributed by atoms with E-state index in [9.17, 15) is 5.11 Å². The van der Waals surface area contributed by atoms with E-state index in [1.54, 1.807) is 0 Å². The molecular formula is C15H31N3O. The monoisotopic (exact) mass is 269 g/mol. The fraction of sp³-hybridized carbons (Fsp3) is 1.00. The molecule has 2 aliphatic rings. The van der Waals surface area contributed by atoms with Gasteiger partial charge in [0.1, 0.15) is 0 Å². The number of aliphatic hydroxyl groups excluding tert-OH is 1. The first kappa shape index (κ1) is 15.2. The molecule has 2 unspecified atom stereocenters. The summed E-state index contributed by atoms with van der Waals surface area (Å²) in [6.07, 6.45) is 5.80. The van der Waals surface area contributed by atoms with Crippen molar-refractivity contribution in [2.24, 2.45) is 11.7 Å². The molecule has 2 rings (SSSR count). The minimum atomic E-state index is -0.288. The van der Waals surface area contributed by atoms with Crippen LogP contribution in [0.2, 0.25) is 0 Å². The average Bonchev–Trinajstić information content (AvgIpc) is 2.80. The zero-order valence-corrected chi connectivity index (χ0v) is 12.5. The van der Waals surface area contributed by atoms with E-state index >= 15 is 0 Å². The lowest BCUT2D eigenvalue weighted by molar-refractivity contribution is 0.110. The van der Waals surface area contributed by atoms with Gasteiger partial charge in [0.15, 0.2) is 0 Å². The first-order valence-electron chi connectivity index (χ1n) is 8.02. The molecule has 0 radical (unpaired) electrons. The van der Waals surface area contributed by atoms with Crippen LogP contribution < -0.4 is 5.73 Å². The van der Waals surface area contributed by atoms with Gasteiger partial charge in [0.2, 0.25) is 0 Å². The number of hydrogen-bond acceptors (Lipinski definition) is 4. The lowest BCUT2D eigenvalue weighted by Gasteiger charge is -2.36. The van der Waals surface area contributed by atoms with E-state index in [0.717, 1.165) is 19.4 Å². The Labute approximate surface area is 117 Å². The van der Waals surface area contributed by atoms with Crippen molar-refractivity contribution in [3.8, 4) is 0 Å². The molecule has 1 aliphatic heterocycles. The first-order chi connectivity index (χ1) is 9.18. The Kier molecular flexibility index (Phi) is 5.63. The molecule has 2 fully saturated rings. The molecular weight excluding hydrogens is 238 g/mol. The van der Waals surface area contributed by atoms with Gasteiger partial charge >= 0.3 is 0 Å².